The first-order valence-electron chi connectivity index (χ1n) is 12.6. The van der Waals surface area contributed by atoms with Crippen molar-refractivity contribution in [2.24, 2.45) is 0 Å². The van der Waals surface area contributed by atoms with E-state index >= 15 is 0 Å². The van der Waals surface area contributed by atoms with Crippen molar-refractivity contribution in [2.75, 3.05) is 0 Å². The molecule has 2 radical (unpaired) electrons. The predicted molar refractivity (Wildman–Crippen MR) is 130 cm³/mol. The number of pyridine rings is 2. The highest BCUT2D eigenvalue weighted by Crippen LogP contribution is 2.41. The molecule has 0 saturated carbocycles. The minimum Gasteiger partial charge on any atom is -0.202 e. The second-order valence-electron chi connectivity index (χ2n) is 13.0. The van der Waals surface area contributed by atoms with E-state index < -0.39 is 0 Å². The van der Waals surface area contributed by atoms with Gasteiger partial charge in [0.25, 0.3) is 0 Å². The van der Waals surface area contributed by atoms with Crippen molar-refractivity contribution in [3.63, 3.8) is 0 Å². The molecular formula is C28H42N4O2+2. The van der Waals surface area contributed by atoms with Gasteiger partial charge >= 0.3 is 0 Å². The third-order valence-corrected chi connectivity index (χ3v) is 8.02. The molecule has 2 aliphatic heterocycles. The van der Waals surface area contributed by atoms with Gasteiger partial charge < -0.3 is 0 Å². The van der Waals surface area contributed by atoms with Crippen LogP contribution in [-0.2, 0) is 10.4 Å². The molecule has 0 unspecified atom stereocenters. The van der Waals surface area contributed by atoms with Gasteiger partial charge in [0.15, 0.2) is 36.9 Å². The maximum absolute atomic E-state index is 12.7. The number of hydroxylamine groups is 4. The quantitative estimate of drug-likeness (QED) is 0.597. The zero-order valence-electron chi connectivity index (χ0n) is 22.2. The minimum atomic E-state index is -0.378. The Bertz CT molecular complexity index is 892. The van der Waals surface area contributed by atoms with Gasteiger partial charge in [0.2, 0.25) is 0 Å². The van der Waals surface area contributed by atoms with Crippen molar-refractivity contribution in [3.05, 3.63) is 49.1 Å². The minimum absolute atomic E-state index is 0.306. The van der Waals surface area contributed by atoms with E-state index in [1.165, 1.54) is 21.3 Å². The summed E-state index contributed by atoms with van der Waals surface area (Å²) in [5.41, 5.74) is 0.844. The Labute approximate surface area is 205 Å². The fourth-order valence-electron chi connectivity index (χ4n) is 6.59. The Hall–Kier alpha value is -1.86. The zero-order chi connectivity index (χ0) is 25.1. The van der Waals surface area contributed by atoms with Crippen LogP contribution in [0.1, 0.15) is 93.2 Å². The molecule has 2 aliphatic rings. The standard InChI is InChI=1S/C28H42N4O2/c1-25(2)17-23(18-26(3,4)31(25)33)29-13-9-21(10-14-29)22-11-15-30(16-12-22)24-19-27(5,6)32(34)28(7,8)20-24/h9-16,23-24H,17-20H2,1-8H3/q+2. The van der Waals surface area contributed by atoms with Crippen LogP contribution in [-0.4, -0.2) is 32.3 Å². The molecular weight excluding hydrogens is 424 g/mol. The van der Waals surface area contributed by atoms with Crippen molar-refractivity contribution >= 4 is 0 Å². The maximum Gasteiger partial charge on any atom is 0.169 e. The summed E-state index contributed by atoms with van der Waals surface area (Å²) in [6.45, 7) is 16.4. The number of hydrogen-bond acceptors (Lipinski definition) is 2. The van der Waals surface area contributed by atoms with Crippen LogP contribution in [0.3, 0.4) is 0 Å². The highest BCUT2D eigenvalue weighted by atomic mass is 16.5. The highest BCUT2D eigenvalue weighted by Gasteiger charge is 2.50. The van der Waals surface area contributed by atoms with Crippen molar-refractivity contribution in [3.8, 4) is 11.1 Å². The smallest absolute Gasteiger partial charge is 0.169 e. The number of aromatic nitrogens is 2. The zero-order valence-corrected chi connectivity index (χ0v) is 22.2. The summed E-state index contributed by atoms with van der Waals surface area (Å²) in [6.07, 6.45) is 12.0. The van der Waals surface area contributed by atoms with Crippen LogP contribution in [0.5, 0.6) is 0 Å². The summed E-state index contributed by atoms with van der Waals surface area (Å²) in [7, 11) is 0. The van der Waals surface area contributed by atoms with E-state index in [2.05, 4.69) is 58.2 Å². The van der Waals surface area contributed by atoms with Crippen LogP contribution in [0.4, 0.5) is 0 Å². The van der Waals surface area contributed by atoms with Gasteiger partial charge in [-0.15, -0.1) is 20.5 Å². The lowest BCUT2D eigenvalue weighted by atomic mass is 9.78. The molecule has 2 saturated heterocycles. The second kappa shape index (κ2) is 8.37. The molecule has 0 bridgehead atoms. The molecule has 4 rings (SSSR count). The SMILES string of the molecule is CC1(C)CC([n+]2ccc(-c3cc[n+](C4CC(C)(C)N([O])C(C)(C)C4)cc3)cc2)CC(C)(C)N1[O]. The molecule has 0 aromatic carbocycles. The first kappa shape index (κ1) is 25.2. The largest absolute Gasteiger partial charge is 0.202 e. The monoisotopic (exact) mass is 466 g/mol. The lowest BCUT2D eigenvalue weighted by molar-refractivity contribution is -0.731. The number of piperidine rings is 2. The van der Waals surface area contributed by atoms with Gasteiger partial charge in [-0.25, -0.2) is 9.13 Å². The van der Waals surface area contributed by atoms with Gasteiger partial charge in [-0.3, -0.25) is 0 Å². The van der Waals surface area contributed by atoms with E-state index in [4.69, 9.17) is 0 Å². The molecule has 34 heavy (non-hydrogen) atoms. The van der Waals surface area contributed by atoms with Crippen molar-refractivity contribution < 1.29 is 19.5 Å². The van der Waals surface area contributed by atoms with Crippen molar-refractivity contribution in [1.82, 2.24) is 10.1 Å². The van der Waals surface area contributed by atoms with Crippen LogP contribution in [0, 0.1) is 0 Å². The van der Waals surface area contributed by atoms with Gasteiger partial charge in [0.1, 0.15) is 0 Å². The van der Waals surface area contributed by atoms with Crippen molar-refractivity contribution in [1.29, 1.82) is 0 Å². The van der Waals surface area contributed by atoms with Crippen LogP contribution >= 0.6 is 0 Å². The van der Waals surface area contributed by atoms with E-state index in [9.17, 15) is 10.4 Å². The van der Waals surface area contributed by atoms with Crippen molar-refractivity contribution in [2.45, 2.75) is 115 Å². The molecule has 2 aromatic rings. The molecule has 2 aromatic heterocycles. The van der Waals surface area contributed by atoms with E-state index in [0.29, 0.717) is 12.1 Å². The normalized spacial score (nSPS) is 25.4. The fourth-order valence-corrected chi connectivity index (χ4v) is 6.59. The Balaban J connectivity index is 1.50. The number of rotatable bonds is 3. The molecule has 6 nitrogen and oxygen atoms in total. The Kier molecular flexibility index (Phi) is 6.21. The van der Waals surface area contributed by atoms with Gasteiger partial charge in [-0.1, -0.05) is 0 Å². The van der Waals surface area contributed by atoms with Crippen LogP contribution < -0.4 is 9.13 Å². The van der Waals surface area contributed by atoms with E-state index in [0.717, 1.165) is 25.7 Å². The molecule has 6 heteroatoms. The van der Waals surface area contributed by atoms with Crippen LogP contribution in [0.25, 0.3) is 11.1 Å². The second-order valence-corrected chi connectivity index (χ2v) is 13.0. The summed E-state index contributed by atoms with van der Waals surface area (Å²) in [6, 6.07) is 9.30. The van der Waals surface area contributed by atoms with Gasteiger partial charge in [0.05, 0.1) is 22.2 Å². The Morgan fingerprint density at radius 2 is 0.794 bits per heavy atom. The summed E-state index contributed by atoms with van der Waals surface area (Å²) in [5, 5.41) is 28.0. The van der Waals surface area contributed by atoms with Crippen LogP contribution in [0.15, 0.2) is 49.1 Å². The Morgan fingerprint density at radius 3 is 1.03 bits per heavy atom. The molecule has 4 heterocycles. The topological polar surface area (TPSA) is 54.0 Å². The lowest BCUT2D eigenvalue weighted by Gasteiger charge is -2.47. The summed E-state index contributed by atoms with van der Waals surface area (Å²) in [5.74, 6) is 0. The number of nitrogens with zero attached hydrogens (tertiary/aromatic N) is 4. The lowest BCUT2D eigenvalue weighted by Crippen LogP contribution is -2.62. The maximum atomic E-state index is 12.7. The van der Waals surface area contributed by atoms with E-state index in [1.807, 2.05) is 55.4 Å². The van der Waals surface area contributed by atoms with E-state index in [1.54, 1.807) is 0 Å². The average Bonchev–Trinajstić information content (AvgIpc) is 2.75. The number of hydrogen-bond donors (Lipinski definition) is 0. The molecule has 0 aliphatic carbocycles. The summed E-state index contributed by atoms with van der Waals surface area (Å²) >= 11 is 0. The predicted octanol–water partition coefficient (Wildman–Crippen LogP) is 5.01. The first-order valence-corrected chi connectivity index (χ1v) is 12.6. The Morgan fingerprint density at radius 1 is 0.559 bits per heavy atom. The molecule has 0 N–H and O–H groups in total. The third-order valence-electron chi connectivity index (χ3n) is 8.02. The average molecular weight is 467 g/mol. The van der Waals surface area contributed by atoms with Crippen LogP contribution in [0.2, 0.25) is 0 Å². The molecule has 2 fully saturated rings. The van der Waals surface area contributed by atoms with Gasteiger partial charge in [-0.2, -0.15) is 0 Å². The van der Waals surface area contributed by atoms with Gasteiger partial charge in [0, 0.05) is 49.9 Å². The first-order chi connectivity index (χ1) is 15.6. The van der Waals surface area contributed by atoms with Gasteiger partial charge in [-0.05, 0) is 66.5 Å². The highest BCUT2D eigenvalue weighted by molar-refractivity contribution is 5.60. The molecule has 0 spiro atoms. The summed E-state index contributed by atoms with van der Waals surface area (Å²) in [4.78, 5) is 0. The molecule has 0 amide bonds. The third kappa shape index (κ3) is 4.66. The van der Waals surface area contributed by atoms with E-state index in [-0.39, 0.29) is 22.2 Å². The molecule has 184 valence electrons. The summed E-state index contributed by atoms with van der Waals surface area (Å²) < 4.78 is 4.54. The fraction of sp³-hybridized carbons (Fsp3) is 0.643. The molecule has 0 atom stereocenters.